The second-order valence-electron chi connectivity index (χ2n) is 6.86. The Labute approximate surface area is 174 Å². The Balaban J connectivity index is 2.23. The smallest absolute Gasteiger partial charge is 0.327 e. The topological polar surface area (TPSA) is 67.2 Å². The van der Waals surface area contributed by atoms with Crippen molar-refractivity contribution in [2.45, 2.75) is 31.6 Å². The van der Waals surface area contributed by atoms with Gasteiger partial charge in [-0.2, -0.15) is 5.26 Å². The van der Waals surface area contributed by atoms with Crippen LogP contribution in [0.25, 0.3) is 0 Å². The lowest BCUT2D eigenvalue weighted by Gasteiger charge is -2.42. The summed E-state index contributed by atoms with van der Waals surface area (Å²) in [6.45, 7) is 1.83. The van der Waals surface area contributed by atoms with E-state index in [1.165, 1.54) is 0 Å². The second-order valence-corrected chi connectivity index (χ2v) is 7.74. The molecule has 144 valence electrons. The van der Waals surface area contributed by atoms with Crippen LogP contribution >= 0.6 is 23.2 Å². The molecule has 1 saturated carbocycles. The van der Waals surface area contributed by atoms with E-state index >= 15 is 0 Å². The molecule has 3 rings (SSSR count). The number of hydrogen-bond acceptors (Lipinski definition) is 4. The molecule has 2 aromatic carbocycles. The summed E-state index contributed by atoms with van der Waals surface area (Å²) in [6, 6.07) is 16.1. The fourth-order valence-electron chi connectivity index (χ4n) is 4.05. The predicted molar refractivity (Wildman–Crippen MR) is 107 cm³/mol. The molecule has 0 spiro atoms. The van der Waals surface area contributed by atoms with Gasteiger partial charge in [0.05, 0.1) is 12.7 Å². The molecule has 0 saturated heterocycles. The number of halogens is 2. The minimum Gasteiger partial charge on any atom is -0.465 e. The summed E-state index contributed by atoms with van der Waals surface area (Å²) in [7, 11) is 0. The number of nitriles is 1. The van der Waals surface area contributed by atoms with Gasteiger partial charge in [0.1, 0.15) is 5.78 Å². The first-order valence-corrected chi connectivity index (χ1v) is 9.79. The number of nitrogens with zero attached hydrogens (tertiary/aromatic N) is 1. The zero-order chi connectivity index (χ0) is 20.3. The highest BCUT2D eigenvalue weighted by atomic mass is 35.5. The van der Waals surface area contributed by atoms with Crippen LogP contribution in [0.3, 0.4) is 0 Å². The molecule has 0 unspecified atom stereocenters. The van der Waals surface area contributed by atoms with E-state index in [0.717, 1.165) is 0 Å². The molecule has 0 radical (unpaired) electrons. The van der Waals surface area contributed by atoms with E-state index < -0.39 is 23.2 Å². The highest BCUT2D eigenvalue weighted by Crippen LogP contribution is 2.54. The van der Waals surface area contributed by atoms with Gasteiger partial charge in [0.2, 0.25) is 0 Å². The first kappa shape index (κ1) is 20.4. The number of benzene rings is 2. The maximum Gasteiger partial charge on any atom is 0.327 e. The van der Waals surface area contributed by atoms with Gasteiger partial charge in [0.25, 0.3) is 0 Å². The van der Waals surface area contributed by atoms with Gasteiger partial charge in [-0.05, 0) is 42.3 Å². The predicted octanol–water partition coefficient (Wildman–Crippen LogP) is 5.30. The summed E-state index contributed by atoms with van der Waals surface area (Å²) in [6.07, 6.45) is 0.146. The zero-order valence-corrected chi connectivity index (χ0v) is 16.8. The molecule has 0 bridgehead atoms. The van der Waals surface area contributed by atoms with Crippen molar-refractivity contribution >= 4 is 35.0 Å². The van der Waals surface area contributed by atoms with Crippen LogP contribution in [0.2, 0.25) is 10.0 Å². The average Bonchev–Trinajstić information content (AvgIpc) is 2.67. The van der Waals surface area contributed by atoms with Gasteiger partial charge in [-0.3, -0.25) is 9.59 Å². The van der Waals surface area contributed by atoms with Gasteiger partial charge in [-0.15, -0.1) is 0 Å². The van der Waals surface area contributed by atoms with Crippen LogP contribution in [0, 0.1) is 16.7 Å². The monoisotopic (exact) mass is 415 g/mol. The fourth-order valence-corrected chi connectivity index (χ4v) is 4.45. The number of esters is 1. The molecule has 0 aliphatic heterocycles. The maximum absolute atomic E-state index is 13.2. The van der Waals surface area contributed by atoms with Crippen LogP contribution in [0.4, 0.5) is 0 Å². The minimum atomic E-state index is -1.56. The first-order valence-electron chi connectivity index (χ1n) is 9.03. The molecule has 0 aromatic heterocycles. The van der Waals surface area contributed by atoms with Gasteiger partial charge < -0.3 is 4.74 Å². The van der Waals surface area contributed by atoms with Crippen LogP contribution in [-0.4, -0.2) is 18.4 Å². The van der Waals surface area contributed by atoms with Crippen molar-refractivity contribution in [1.29, 1.82) is 5.26 Å². The van der Waals surface area contributed by atoms with Crippen LogP contribution < -0.4 is 0 Å². The molecule has 0 N–H and O–H groups in total. The highest BCUT2D eigenvalue weighted by Gasteiger charge is 2.58. The molecule has 0 heterocycles. The Hall–Kier alpha value is -2.35. The van der Waals surface area contributed by atoms with Crippen molar-refractivity contribution in [3.05, 3.63) is 69.7 Å². The lowest BCUT2D eigenvalue weighted by atomic mass is 9.56. The van der Waals surface area contributed by atoms with Gasteiger partial charge in [-0.1, -0.05) is 47.5 Å². The quantitative estimate of drug-likeness (QED) is 0.635. The van der Waals surface area contributed by atoms with E-state index in [9.17, 15) is 14.9 Å². The molecule has 2 atom stereocenters. The van der Waals surface area contributed by atoms with Crippen molar-refractivity contribution in [3.63, 3.8) is 0 Å². The Morgan fingerprint density at radius 3 is 2.00 bits per heavy atom. The third-order valence-corrected chi connectivity index (χ3v) is 5.73. The Bertz CT molecular complexity index is 893. The third-order valence-electron chi connectivity index (χ3n) is 5.26. The highest BCUT2D eigenvalue weighted by molar-refractivity contribution is 6.31. The van der Waals surface area contributed by atoms with Gasteiger partial charge in [0.15, 0.2) is 5.41 Å². The molecular weight excluding hydrogens is 397 g/mol. The lowest BCUT2D eigenvalue weighted by Crippen LogP contribution is -2.47. The number of carbonyl (C=O) groups is 2. The maximum atomic E-state index is 13.2. The van der Waals surface area contributed by atoms with E-state index in [-0.39, 0.29) is 25.2 Å². The van der Waals surface area contributed by atoms with E-state index in [1.807, 2.05) is 0 Å². The molecular formula is C22H19Cl2NO3. The molecule has 2 aromatic rings. The van der Waals surface area contributed by atoms with E-state index in [2.05, 4.69) is 6.07 Å². The van der Waals surface area contributed by atoms with Crippen molar-refractivity contribution < 1.29 is 14.3 Å². The van der Waals surface area contributed by atoms with E-state index in [0.29, 0.717) is 21.2 Å². The molecule has 6 heteroatoms. The average molecular weight is 416 g/mol. The number of rotatable bonds is 4. The Morgan fingerprint density at radius 1 is 1.11 bits per heavy atom. The Morgan fingerprint density at radius 2 is 1.61 bits per heavy atom. The fraction of sp³-hybridized carbons (Fsp3) is 0.318. The summed E-state index contributed by atoms with van der Waals surface area (Å²) >= 11 is 12.3. The number of Topliss-reactive ketones (excluding diaryl/α,β-unsaturated/α-hetero) is 1. The van der Waals surface area contributed by atoms with Gasteiger partial charge >= 0.3 is 5.97 Å². The van der Waals surface area contributed by atoms with Crippen LogP contribution in [-0.2, 0) is 14.3 Å². The summed E-state index contributed by atoms with van der Waals surface area (Å²) in [4.78, 5) is 25.8. The van der Waals surface area contributed by atoms with Crippen LogP contribution in [0.5, 0.6) is 0 Å². The van der Waals surface area contributed by atoms with Crippen molar-refractivity contribution in [1.82, 2.24) is 0 Å². The Kier molecular flexibility index (Phi) is 6.07. The van der Waals surface area contributed by atoms with Crippen LogP contribution in [0.15, 0.2) is 48.5 Å². The molecule has 0 amide bonds. The van der Waals surface area contributed by atoms with Crippen molar-refractivity contribution in [2.24, 2.45) is 5.41 Å². The molecule has 1 fully saturated rings. The summed E-state index contributed by atoms with van der Waals surface area (Å²) in [5.41, 5.74) is -0.219. The number of hydrogen-bond donors (Lipinski definition) is 0. The molecule has 4 nitrogen and oxygen atoms in total. The first-order chi connectivity index (χ1) is 13.4. The lowest BCUT2D eigenvalue weighted by molar-refractivity contribution is -0.156. The SMILES string of the molecule is CCOC(=O)C1(C#N)[C@H](c2cccc(Cl)c2)CC(=O)C[C@H]1c1cccc(Cl)c1. The van der Waals surface area contributed by atoms with E-state index in [4.69, 9.17) is 27.9 Å². The number of carbonyl (C=O) groups excluding carboxylic acids is 2. The van der Waals surface area contributed by atoms with Gasteiger partial charge in [0, 0.05) is 34.7 Å². The molecule has 28 heavy (non-hydrogen) atoms. The molecule has 1 aliphatic carbocycles. The third kappa shape index (κ3) is 3.65. The minimum absolute atomic E-state index is 0.0230. The molecule has 1 aliphatic rings. The van der Waals surface area contributed by atoms with Crippen molar-refractivity contribution in [3.8, 4) is 6.07 Å². The number of ether oxygens (including phenoxy) is 1. The summed E-state index contributed by atoms with van der Waals surface area (Å²) in [5, 5.41) is 11.3. The van der Waals surface area contributed by atoms with Crippen molar-refractivity contribution in [2.75, 3.05) is 6.61 Å². The second kappa shape index (κ2) is 8.34. The zero-order valence-electron chi connectivity index (χ0n) is 15.3. The van der Waals surface area contributed by atoms with Gasteiger partial charge in [-0.25, -0.2) is 0 Å². The largest absolute Gasteiger partial charge is 0.465 e. The number of ketones is 1. The summed E-state index contributed by atoms with van der Waals surface area (Å²) < 4.78 is 5.34. The normalized spacial score (nSPS) is 21.0. The standard InChI is InChI=1S/C22H19Cl2NO3/c1-2-28-21(27)22(13-25)19(14-5-3-7-16(23)9-14)11-18(26)12-20(22)15-6-4-8-17(24)10-15/h3-10,19-20H,2,11-12H2,1H3/t19-,20-/m0/s1. The van der Waals surface area contributed by atoms with E-state index in [1.54, 1.807) is 55.5 Å². The summed E-state index contributed by atoms with van der Waals surface area (Å²) in [5.74, 6) is -1.98. The van der Waals surface area contributed by atoms with Crippen LogP contribution in [0.1, 0.15) is 42.7 Å².